The van der Waals surface area contributed by atoms with Crippen LogP contribution in [0.1, 0.15) is 13.8 Å². The summed E-state index contributed by atoms with van der Waals surface area (Å²) in [6, 6.07) is 0.685. The van der Waals surface area contributed by atoms with Crippen molar-refractivity contribution in [3.8, 4) is 0 Å². The van der Waals surface area contributed by atoms with Crippen LogP contribution in [0.15, 0.2) is 0 Å². The van der Waals surface area contributed by atoms with E-state index in [-0.39, 0.29) is 0 Å². The Bertz CT molecular complexity index is 106. The zero-order valence-electron chi connectivity index (χ0n) is 6.60. The SMILES string of the molecule is CC(C)N1CNC[C@H](I)C1. The van der Waals surface area contributed by atoms with Crippen LogP contribution < -0.4 is 5.32 Å². The topological polar surface area (TPSA) is 15.3 Å². The minimum absolute atomic E-state index is 0.685. The highest BCUT2D eigenvalue weighted by molar-refractivity contribution is 14.1. The Balaban J connectivity index is 2.32. The van der Waals surface area contributed by atoms with Crippen LogP contribution in [0.4, 0.5) is 0 Å². The van der Waals surface area contributed by atoms with Crippen LogP contribution in [-0.4, -0.2) is 34.6 Å². The average Bonchev–Trinajstić information content (AvgIpc) is 1.88. The first-order valence-electron chi connectivity index (χ1n) is 3.79. The molecule has 0 aromatic rings. The van der Waals surface area contributed by atoms with Crippen molar-refractivity contribution < 1.29 is 0 Å². The molecule has 0 saturated carbocycles. The third kappa shape index (κ3) is 2.36. The molecule has 1 saturated heterocycles. The summed E-state index contributed by atoms with van der Waals surface area (Å²) in [6.45, 7) is 7.97. The molecule has 0 aromatic carbocycles. The Morgan fingerprint density at radius 1 is 1.60 bits per heavy atom. The van der Waals surface area contributed by atoms with Crippen molar-refractivity contribution in [2.24, 2.45) is 0 Å². The van der Waals surface area contributed by atoms with Crippen molar-refractivity contribution in [1.29, 1.82) is 0 Å². The van der Waals surface area contributed by atoms with E-state index in [0.717, 1.165) is 10.6 Å². The molecule has 1 atom stereocenters. The van der Waals surface area contributed by atoms with Gasteiger partial charge in [0.25, 0.3) is 0 Å². The summed E-state index contributed by atoms with van der Waals surface area (Å²) in [5.41, 5.74) is 0. The molecule has 0 amide bonds. The molecule has 60 valence electrons. The van der Waals surface area contributed by atoms with Gasteiger partial charge in [0.05, 0.1) is 0 Å². The molecular weight excluding hydrogens is 239 g/mol. The van der Waals surface area contributed by atoms with E-state index in [1.54, 1.807) is 0 Å². The van der Waals surface area contributed by atoms with Gasteiger partial charge in [-0.05, 0) is 13.8 Å². The molecule has 1 rings (SSSR count). The fourth-order valence-electron chi connectivity index (χ4n) is 1.14. The molecule has 0 unspecified atom stereocenters. The summed E-state index contributed by atoms with van der Waals surface area (Å²) < 4.78 is 0.786. The largest absolute Gasteiger partial charge is 0.303 e. The lowest BCUT2D eigenvalue weighted by Gasteiger charge is -2.33. The molecule has 3 heteroatoms. The van der Waals surface area contributed by atoms with Crippen LogP contribution in [0.5, 0.6) is 0 Å². The number of nitrogens with zero attached hydrogens (tertiary/aromatic N) is 1. The molecule has 2 nitrogen and oxygen atoms in total. The Labute approximate surface area is 76.5 Å². The van der Waals surface area contributed by atoms with Crippen molar-refractivity contribution in [1.82, 2.24) is 10.2 Å². The first-order valence-corrected chi connectivity index (χ1v) is 5.03. The highest BCUT2D eigenvalue weighted by atomic mass is 127. The second-order valence-corrected chi connectivity index (χ2v) is 4.84. The second-order valence-electron chi connectivity index (χ2n) is 3.07. The summed E-state index contributed by atoms with van der Waals surface area (Å²) in [7, 11) is 0. The van der Waals surface area contributed by atoms with Gasteiger partial charge in [0.15, 0.2) is 0 Å². The molecule has 1 N–H and O–H groups in total. The normalized spacial score (nSPS) is 29.4. The highest BCUT2D eigenvalue weighted by Crippen LogP contribution is 2.08. The summed E-state index contributed by atoms with van der Waals surface area (Å²) in [4.78, 5) is 2.46. The van der Waals surface area contributed by atoms with Crippen LogP contribution in [0.2, 0.25) is 0 Å². The lowest BCUT2D eigenvalue weighted by atomic mass is 10.2. The lowest BCUT2D eigenvalue weighted by molar-refractivity contribution is 0.181. The van der Waals surface area contributed by atoms with Gasteiger partial charge in [-0.2, -0.15) is 0 Å². The summed E-state index contributed by atoms with van der Waals surface area (Å²) >= 11 is 2.50. The number of nitrogens with one attached hydrogen (secondary N) is 1. The van der Waals surface area contributed by atoms with Crippen LogP contribution in [-0.2, 0) is 0 Å². The fourth-order valence-corrected chi connectivity index (χ4v) is 1.96. The first-order chi connectivity index (χ1) is 4.70. The predicted octanol–water partition coefficient (Wildman–Crippen LogP) is 1.06. The summed E-state index contributed by atoms with van der Waals surface area (Å²) in [5.74, 6) is 0. The van der Waals surface area contributed by atoms with Crippen LogP contribution >= 0.6 is 22.6 Å². The Kier molecular flexibility index (Phi) is 3.39. The third-order valence-electron chi connectivity index (χ3n) is 1.84. The fraction of sp³-hybridized carbons (Fsp3) is 1.00. The van der Waals surface area contributed by atoms with E-state index in [2.05, 4.69) is 46.7 Å². The van der Waals surface area contributed by atoms with Crippen molar-refractivity contribution >= 4 is 22.6 Å². The van der Waals surface area contributed by atoms with Crippen molar-refractivity contribution in [3.05, 3.63) is 0 Å². The van der Waals surface area contributed by atoms with Gasteiger partial charge < -0.3 is 5.32 Å². The number of alkyl halides is 1. The maximum absolute atomic E-state index is 3.38. The zero-order chi connectivity index (χ0) is 7.56. The van der Waals surface area contributed by atoms with Gasteiger partial charge in [0, 0.05) is 29.7 Å². The number of hydrogen-bond donors (Lipinski definition) is 1. The van der Waals surface area contributed by atoms with E-state index in [4.69, 9.17) is 0 Å². The van der Waals surface area contributed by atoms with E-state index >= 15 is 0 Å². The zero-order valence-corrected chi connectivity index (χ0v) is 8.76. The lowest BCUT2D eigenvalue weighted by Crippen LogP contribution is -2.50. The molecule has 1 aliphatic rings. The van der Waals surface area contributed by atoms with E-state index in [0.29, 0.717) is 6.04 Å². The molecule has 0 aromatic heterocycles. The maximum atomic E-state index is 3.38. The minimum atomic E-state index is 0.685. The Hall–Kier alpha value is 0.650. The standard InChI is InChI=1S/C7H15IN2/c1-6(2)10-4-7(8)3-9-5-10/h6-7,9H,3-5H2,1-2H3/t7-/m0/s1. The average molecular weight is 254 g/mol. The predicted molar refractivity (Wildman–Crippen MR) is 52.5 cm³/mol. The van der Waals surface area contributed by atoms with E-state index in [1.165, 1.54) is 13.1 Å². The van der Waals surface area contributed by atoms with Gasteiger partial charge in [0.1, 0.15) is 0 Å². The van der Waals surface area contributed by atoms with E-state index in [1.807, 2.05) is 0 Å². The summed E-state index contributed by atoms with van der Waals surface area (Å²) in [6.07, 6.45) is 0. The number of rotatable bonds is 1. The van der Waals surface area contributed by atoms with Crippen LogP contribution in [0, 0.1) is 0 Å². The van der Waals surface area contributed by atoms with Crippen LogP contribution in [0.3, 0.4) is 0 Å². The highest BCUT2D eigenvalue weighted by Gasteiger charge is 2.18. The van der Waals surface area contributed by atoms with Gasteiger partial charge in [-0.3, -0.25) is 4.90 Å². The summed E-state index contributed by atoms with van der Waals surface area (Å²) in [5, 5.41) is 3.38. The number of halogens is 1. The van der Waals surface area contributed by atoms with Crippen LogP contribution in [0.25, 0.3) is 0 Å². The molecule has 1 heterocycles. The molecule has 0 bridgehead atoms. The van der Waals surface area contributed by atoms with Gasteiger partial charge in [0.2, 0.25) is 0 Å². The Morgan fingerprint density at radius 2 is 2.30 bits per heavy atom. The van der Waals surface area contributed by atoms with Gasteiger partial charge in [-0.1, -0.05) is 22.6 Å². The smallest absolute Gasteiger partial charge is 0.0483 e. The molecule has 1 aliphatic heterocycles. The van der Waals surface area contributed by atoms with Gasteiger partial charge >= 0.3 is 0 Å². The number of hydrogen-bond acceptors (Lipinski definition) is 2. The molecule has 10 heavy (non-hydrogen) atoms. The molecule has 0 spiro atoms. The maximum Gasteiger partial charge on any atom is 0.0483 e. The van der Waals surface area contributed by atoms with Crippen molar-refractivity contribution in [2.45, 2.75) is 23.8 Å². The molecule has 0 aliphatic carbocycles. The monoisotopic (exact) mass is 254 g/mol. The quantitative estimate of drug-likeness (QED) is 0.556. The van der Waals surface area contributed by atoms with Crippen molar-refractivity contribution in [3.63, 3.8) is 0 Å². The van der Waals surface area contributed by atoms with E-state index < -0.39 is 0 Å². The van der Waals surface area contributed by atoms with Crippen molar-refractivity contribution in [2.75, 3.05) is 19.8 Å². The molecule has 0 radical (unpaired) electrons. The third-order valence-corrected chi connectivity index (χ3v) is 2.68. The molecular formula is C7H15IN2. The molecule has 1 fully saturated rings. The van der Waals surface area contributed by atoms with Gasteiger partial charge in [-0.25, -0.2) is 0 Å². The van der Waals surface area contributed by atoms with E-state index in [9.17, 15) is 0 Å². The minimum Gasteiger partial charge on any atom is -0.303 e. The Morgan fingerprint density at radius 3 is 2.70 bits per heavy atom. The second kappa shape index (κ2) is 3.88. The first kappa shape index (κ1) is 8.74. The van der Waals surface area contributed by atoms with Gasteiger partial charge in [-0.15, -0.1) is 0 Å².